The van der Waals surface area contributed by atoms with Gasteiger partial charge in [0.15, 0.2) is 0 Å². The Kier molecular flexibility index (Phi) is 3.16. The summed E-state index contributed by atoms with van der Waals surface area (Å²) < 4.78 is 0. The second-order valence-corrected chi connectivity index (χ2v) is 5.78. The maximum absolute atomic E-state index is 11.0. The summed E-state index contributed by atoms with van der Waals surface area (Å²) in [6.45, 7) is 0. The summed E-state index contributed by atoms with van der Waals surface area (Å²) in [7, 11) is 0. The van der Waals surface area contributed by atoms with Crippen LogP contribution in [0.3, 0.4) is 0 Å². The first-order valence-electron chi connectivity index (χ1n) is 6.23. The minimum Gasteiger partial charge on any atom is -0.478 e. The number of aromatic carboxylic acids is 1. The molecule has 3 rings (SSSR count). The summed E-state index contributed by atoms with van der Waals surface area (Å²) in [5.41, 5.74) is 7.13. The quantitative estimate of drug-likeness (QED) is 0.769. The third-order valence-corrected chi connectivity index (χ3v) is 4.25. The maximum Gasteiger partial charge on any atom is 0.338 e. The van der Waals surface area contributed by atoms with Crippen molar-refractivity contribution in [2.75, 3.05) is 5.73 Å². The molecule has 4 heteroatoms. The van der Waals surface area contributed by atoms with E-state index in [0.717, 1.165) is 4.88 Å². The summed E-state index contributed by atoms with van der Waals surface area (Å²) in [5.74, 6) is -0.970. The van der Waals surface area contributed by atoms with Crippen LogP contribution < -0.4 is 5.73 Å². The molecular formula is C16H13NO2S. The molecule has 3 N–H and O–H groups in total. The molecule has 0 fully saturated rings. The first-order valence-corrected chi connectivity index (χ1v) is 7.05. The lowest BCUT2D eigenvalue weighted by molar-refractivity contribution is 0.0698. The third kappa shape index (κ3) is 2.26. The van der Waals surface area contributed by atoms with Crippen LogP contribution in [0.4, 0.5) is 5.00 Å². The molecule has 20 heavy (non-hydrogen) atoms. The van der Waals surface area contributed by atoms with Crippen LogP contribution in [0.5, 0.6) is 0 Å². The number of hydrogen-bond donors (Lipinski definition) is 2. The monoisotopic (exact) mass is 283 g/mol. The molecule has 0 amide bonds. The summed E-state index contributed by atoms with van der Waals surface area (Å²) in [6, 6.07) is 16.0. The van der Waals surface area contributed by atoms with Crippen LogP contribution in [0.15, 0.2) is 48.5 Å². The molecule has 0 aliphatic rings. The van der Waals surface area contributed by atoms with Crippen LogP contribution in [-0.4, -0.2) is 11.1 Å². The molecule has 0 saturated carbocycles. The van der Waals surface area contributed by atoms with E-state index in [2.05, 4.69) is 24.3 Å². The summed E-state index contributed by atoms with van der Waals surface area (Å²) in [6.07, 6.45) is 0.698. The minimum absolute atomic E-state index is 0.199. The fourth-order valence-electron chi connectivity index (χ4n) is 2.35. The predicted molar refractivity (Wildman–Crippen MR) is 82.4 cm³/mol. The van der Waals surface area contributed by atoms with Crippen molar-refractivity contribution in [2.45, 2.75) is 6.42 Å². The third-order valence-electron chi connectivity index (χ3n) is 3.29. The van der Waals surface area contributed by atoms with E-state index in [1.807, 2.05) is 18.2 Å². The van der Waals surface area contributed by atoms with Crippen molar-refractivity contribution >= 4 is 33.1 Å². The molecule has 0 bridgehead atoms. The Morgan fingerprint density at radius 2 is 1.90 bits per heavy atom. The first kappa shape index (κ1) is 12.7. The molecule has 0 saturated heterocycles. The Balaban J connectivity index is 2.01. The Hall–Kier alpha value is -2.33. The maximum atomic E-state index is 11.0. The van der Waals surface area contributed by atoms with Crippen LogP contribution in [0.25, 0.3) is 10.8 Å². The number of benzene rings is 2. The highest BCUT2D eigenvalue weighted by atomic mass is 32.1. The van der Waals surface area contributed by atoms with Gasteiger partial charge < -0.3 is 10.8 Å². The van der Waals surface area contributed by atoms with Gasteiger partial charge in [-0.15, -0.1) is 11.3 Å². The number of anilines is 1. The smallest absolute Gasteiger partial charge is 0.338 e. The van der Waals surface area contributed by atoms with Gasteiger partial charge in [-0.3, -0.25) is 0 Å². The van der Waals surface area contributed by atoms with Gasteiger partial charge in [0.05, 0.1) is 5.56 Å². The second kappa shape index (κ2) is 4.98. The lowest BCUT2D eigenvalue weighted by Gasteiger charge is -2.04. The molecule has 0 aliphatic carbocycles. The van der Waals surface area contributed by atoms with Gasteiger partial charge in [-0.05, 0) is 22.4 Å². The number of nitrogens with two attached hydrogens (primary N) is 1. The van der Waals surface area contributed by atoms with Crippen LogP contribution in [0.2, 0.25) is 0 Å². The molecule has 0 radical (unpaired) electrons. The summed E-state index contributed by atoms with van der Waals surface area (Å²) in [4.78, 5) is 12.0. The van der Waals surface area contributed by atoms with Gasteiger partial charge in [-0.25, -0.2) is 4.79 Å². The highest BCUT2D eigenvalue weighted by molar-refractivity contribution is 7.16. The average Bonchev–Trinajstić information content (AvgIpc) is 2.80. The van der Waals surface area contributed by atoms with Gasteiger partial charge in [-0.2, -0.15) is 0 Å². The zero-order valence-corrected chi connectivity index (χ0v) is 11.5. The standard InChI is InChI=1S/C16H13NO2S/c17-15-14(16(18)19)9-12(20-15)8-11-6-3-5-10-4-1-2-7-13(10)11/h1-7,9H,8,17H2,(H,18,19). The van der Waals surface area contributed by atoms with E-state index < -0.39 is 5.97 Å². The second-order valence-electron chi connectivity index (χ2n) is 4.61. The Labute approximate surface area is 120 Å². The molecule has 0 atom stereocenters. The van der Waals surface area contributed by atoms with E-state index in [4.69, 9.17) is 10.8 Å². The highest BCUT2D eigenvalue weighted by Crippen LogP contribution is 2.29. The average molecular weight is 283 g/mol. The zero-order chi connectivity index (χ0) is 14.1. The largest absolute Gasteiger partial charge is 0.478 e. The van der Waals surface area contributed by atoms with Crippen molar-refractivity contribution in [2.24, 2.45) is 0 Å². The van der Waals surface area contributed by atoms with Gasteiger partial charge in [0.1, 0.15) is 5.00 Å². The zero-order valence-electron chi connectivity index (χ0n) is 10.7. The topological polar surface area (TPSA) is 63.3 Å². The van der Waals surface area contributed by atoms with Crippen molar-refractivity contribution in [3.05, 3.63) is 64.5 Å². The Morgan fingerprint density at radius 1 is 1.15 bits per heavy atom. The number of nitrogen functional groups attached to an aromatic ring is 1. The Bertz CT molecular complexity index is 787. The van der Waals surface area contributed by atoms with Crippen molar-refractivity contribution in [1.29, 1.82) is 0 Å². The summed E-state index contributed by atoms with van der Waals surface area (Å²) in [5, 5.41) is 11.8. The number of carboxylic acid groups (broad SMARTS) is 1. The van der Waals surface area contributed by atoms with Crippen LogP contribution in [0.1, 0.15) is 20.8 Å². The van der Waals surface area contributed by atoms with E-state index in [0.29, 0.717) is 11.4 Å². The molecule has 0 aliphatic heterocycles. The molecule has 3 nitrogen and oxygen atoms in total. The number of carboxylic acids is 1. The molecule has 0 unspecified atom stereocenters. The van der Waals surface area contributed by atoms with Crippen molar-refractivity contribution in [1.82, 2.24) is 0 Å². The van der Waals surface area contributed by atoms with Crippen molar-refractivity contribution < 1.29 is 9.90 Å². The molecule has 0 spiro atoms. The molecule has 2 aromatic carbocycles. The molecule has 3 aromatic rings. The van der Waals surface area contributed by atoms with Gasteiger partial charge in [0.2, 0.25) is 0 Å². The van der Waals surface area contributed by atoms with Crippen LogP contribution in [-0.2, 0) is 6.42 Å². The van der Waals surface area contributed by atoms with Crippen LogP contribution in [0, 0.1) is 0 Å². The molecular weight excluding hydrogens is 270 g/mol. The first-order chi connectivity index (χ1) is 9.65. The number of carbonyl (C=O) groups is 1. The van der Waals surface area contributed by atoms with Gasteiger partial charge in [-0.1, -0.05) is 42.5 Å². The lowest BCUT2D eigenvalue weighted by Crippen LogP contribution is -1.97. The predicted octanol–water partition coefficient (Wildman–Crippen LogP) is 3.77. The highest BCUT2D eigenvalue weighted by Gasteiger charge is 2.13. The minimum atomic E-state index is -0.970. The van der Waals surface area contributed by atoms with Gasteiger partial charge >= 0.3 is 5.97 Å². The Morgan fingerprint density at radius 3 is 2.65 bits per heavy atom. The van der Waals surface area contributed by atoms with E-state index in [9.17, 15) is 4.79 Å². The SMILES string of the molecule is Nc1sc(Cc2cccc3ccccc23)cc1C(=O)O. The lowest BCUT2D eigenvalue weighted by atomic mass is 10.0. The fourth-order valence-corrected chi connectivity index (χ4v) is 3.29. The molecule has 1 aromatic heterocycles. The van der Waals surface area contributed by atoms with E-state index in [1.165, 1.54) is 27.7 Å². The van der Waals surface area contributed by atoms with Crippen molar-refractivity contribution in [3.63, 3.8) is 0 Å². The van der Waals surface area contributed by atoms with Crippen LogP contribution >= 0.6 is 11.3 Å². The van der Waals surface area contributed by atoms with E-state index in [1.54, 1.807) is 6.07 Å². The number of rotatable bonds is 3. The van der Waals surface area contributed by atoms with E-state index in [-0.39, 0.29) is 5.56 Å². The normalized spacial score (nSPS) is 10.8. The van der Waals surface area contributed by atoms with E-state index >= 15 is 0 Å². The van der Waals surface area contributed by atoms with Gasteiger partial charge in [0, 0.05) is 11.3 Å². The number of hydrogen-bond acceptors (Lipinski definition) is 3. The molecule has 1 heterocycles. The number of thiophene rings is 1. The number of fused-ring (bicyclic) bond motifs is 1. The van der Waals surface area contributed by atoms with Crippen molar-refractivity contribution in [3.8, 4) is 0 Å². The fraction of sp³-hybridized carbons (Fsp3) is 0.0625. The summed E-state index contributed by atoms with van der Waals surface area (Å²) >= 11 is 1.34. The molecule has 100 valence electrons. The van der Waals surface area contributed by atoms with Gasteiger partial charge in [0.25, 0.3) is 0 Å².